The van der Waals surface area contributed by atoms with Crippen LogP contribution in [0.1, 0.15) is 17.2 Å². The average Bonchev–Trinajstić information content (AvgIpc) is 2.84. The third-order valence-corrected chi connectivity index (χ3v) is 2.98. The first-order valence-electron chi connectivity index (χ1n) is 5.64. The quantitative estimate of drug-likeness (QED) is 0.767. The minimum atomic E-state index is -0.794. The molecule has 0 aliphatic rings. The van der Waals surface area contributed by atoms with Crippen molar-refractivity contribution in [1.29, 1.82) is 0 Å². The van der Waals surface area contributed by atoms with Gasteiger partial charge in [-0.15, -0.1) is 0 Å². The Balaban J connectivity index is 2.13. The summed E-state index contributed by atoms with van der Waals surface area (Å²) in [4.78, 5) is 3.98. The third-order valence-electron chi connectivity index (χ3n) is 2.98. The number of hydrogen-bond acceptors (Lipinski definition) is 3. The topological polar surface area (TPSA) is 56.2 Å². The standard InChI is InChI=1S/C13H10F2N4/c14-8-1-2-11(15)9(5-8)13(16)10-6-18-19-4-3-17-7-12(10)19/h1-7,13H,16H2. The van der Waals surface area contributed by atoms with Gasteiger partial charge in [0.25, 0.3) is 0 Å². The van der Waals surface area contributed by atoms with Gasteiger partial charge < -0.3 is 5.73 Å². The molecular weight excluding hydrogens is 250 g/mol. The van der Waals surface area contributed by atoms with Crippen LogP contribution < -0.4 is 5.73 Å². The number of hydrogen-bond donors (Lipinski definition) is 1. The summed E-state index contributed by atoms with van der Waals surface area (Å²) in [7, 11) is 0. The maximum atomic E-state index is 13.7. The molecule has 0 radical (unpaired) electrons. The van der Waals surface area contributed by atoms with Gasteiger partial charge in [-0.05, 0) is 18.2 Å². The molecule has 3 aromatic rings. The Kier molecular flexibility index (Phi) is 2.72. The van der Waals surface area contributed by atoms with E-state index < -0.39 is 17.7 Å². The number of rotatable bonds is 2. The van der Waals surface area contributed by atoms with Crippen molar-refractivity contribution < 1.29 is 8.78 Å². The van der Waals surface area contributed by atoms with Crippen LogP contribution in [0, 0.1) is 11.6 Å². The monoisotopic (exact) mass is 260 g/mol. The number of fused-ring (bicyclic) bond motifs is 1. The van der Waals surface area contributed by atoms with Crippen molar-refractivity contribution in [2.24, 2.45) is 5.73 Å². The lowest BCUT2D eigenvalue weighted by molar-refractivity contribution is 0.577. The van der Waals surface area contributed by atoms with Crippen molar-refractivity contribution in [3.63, 3.8) is 0 Å². The minimum Gasteiger partial charge on any atom is -0.320 e. The normalized spacial score (nSPS) is 12.8. The SMILES string of the molecule is NC(c1cc(F)ccc1F)c1cnn2ccncc12. The Labute approximate surface area is 107 Å². The molecule has 96 valence electrons. The summed E-state index contributed by atoms with van der Waals surface area (Å²) in [6, 6.07) is 2.43. The van der Waals surface area contributed by atoms with Gasteiger partial charge in [0.05, 0.1) is 24.0 Å². The lowest BCUT2D eigenvalue weighted by Gasteiger charge is -2.11. The lowest BCUT2D eigenvalue weighted by atomic mass is 10.0. The van der Waals surface area contributed by atoms with Gasteiger partial charge in [-0.2, -0.15) is 5.10 Å². The first-order valence-corrected chi connectivity index (χ1v) is 5.64. The van der Waals surface area contributed by atoms with Gasteiger partial charge in [-0.3, -0.25) is 4.98 Å². The van der Waals surface area contributed by atoms with Gasteiger partial charge in [0.1, 0.15) is 11.6 Å². The second-order valence-electron chi connectivity index (χ2n) is 4.15. The summed E-state index contributed by atoms with van der Waals surface area (Å²) in [6.45, 7) is 0. The van der Waals surface area contributed by atoms with Crippen LogP contribution in [-0.4, -0.2) is 14.6 Å². The molecule has 0 saturated carbocycles. The van der Waals surface area contributed by atoms with E-state index in [4.69, 9.17) is 5.73 Å². The summed E-state index contributed by atoms with van der Waals surface area (Å²) < 4.78 is 28.5. The van der Waals surface area contributed by atoms with E-state index in [0.717, 1.165) is 18.2 Å². The van der Waals surface area contributed by atoms with Crippen molar-refractivity contribution in [2.45, 2.75) is 6.04 Å². The van der Waals surface area contributed by atoms with Crippen LogP contribution in [0.4, 0.5) is 8.78 Å². The Morgan fingerprint density at radius 1 is 1.16 bits per heavy atom. The van der Waals surface area contributed by atoms with Crippen LogP contribution in [0.5, 0.6) is 0 Å². The Morgan fingerprint density at radius 3 is 2.84 bits per heavy atom. The number of aromatic nitrogens is 3. The van der Waals surface area contributed by atoms with E-state index >= 15 is 0 Å². The van der Waals surface area contributed by atoms with E-state index in [0.29, 0.717) is 11.1 Å². The highest BCUT2D eigenvalue weighted by molar-refractivity contribution is 5.55. The minimum absolute atomic E-state index is 0.0961. The molecular formula is C13H10F2N4. The smallest absolute Gasteiger partial charge is 0.128 e. The van der Waals surface area contributed by atoms with Gasteiger partial charge in [0.2, 0.25) is 0 Å². The fraction of sp³-hybridized carbons (Fsp3) is 0.0769. The Hall–Kier alpha value is -2.34. The first kappa shape index (κ1) is 11.7. The van der Waals surface area contributed by atoms with Gasteiger partial charge in [0.15, 0.2) is 0 Å². The Morgan fingerprint density at radius 2 is 2.00 bits per heavy atom. The highest BCUT2D eigenvalue weighted by Crippen LogP contribution is 2.25. The maximum absolute atomic E-state index is 13.7. The van der Waals surface area contributed by atoms with Crippen LogP contribution in [0.3, 0.4) is 0 Å². The molecule has 0 saturated heterocycles. The van der Waals surface area contributed by atoms with E-state index in [1.54, 1.807) is 23.1 Å². The molecule has 2 heterocycles. The van der Waals surface area contributed by atoms with E-state index in [1.807, 2.05) is 0 Å². The van der Waals surface area contributed by atoms with E-state index in [9.17, 15) is 8.78 Å². The molecule has 0 amide bonds. The molecule has 0 bridgehead atoms. The zero-order chi connectivity index (χ0) is 13.4. The predicted octanol–water partition coefficient (Wildman–Crippen LogP) is 2.06. The summed E-state index contributed by atoms with van der Waals surface area (Å²) in [5.74, 6) is -1.07. The number of nitrogens with zero attached hydrogens (tertiary/aromatic N) is 3. The fourth-order valence-corrected chi connectivity index (χ4v) is 2.01. The van der Waals surface area contributed by atoms with Crippen LogP contribution in [-0.2, 0) is 0 Å². The van der Waals surface area contributed by atoms with Crippen LogP contribution >= 0.6 is 0 Å². The molecule has 1 atom stereocenters. The highest BCUT2D eigenvalue weighted by Gasteiger charge is 2.18. The predicted molar refractivity (Wildman–Crippen MR) is 65.4 cm³/mol. The molecule has 1 aromatic carbocycles. The zero-order valence-corrected chi connectivity index (χ0v) is 9.79. The van der Waals surface area contributed by atoms with Crippen LogP contribution in [0.2, 0.25) is 0 Å². The molecule has 0 aliphatic carbocycles. The molecule has 0 fully saturated rings. The van der Waals surface area contributed by atoms with Crippen molar-refractivity contribution in [3.8, 4) is 0 Å². The molecule has 2 N–H and O–H groups in total. The second kappa shape index (κ2) is 4.40. The fourth-order valence-electron chi connectivity index (χ4n) is 2.01. The van der Waals surface area contributed by atoms with Gasteiger partial charge in [0, 0.05) is 23.5 Å². The molecule has 0 spiro atoms. The number of halogens is 2. The summed E-state index contributed by atoms with van der Waals surface area (Å²) in [5, 5.41) is 4.10. The molecule has 0 aliphatic heterocycles. The van der Waals surface area contributed by atoms with Crippen LogP contribution in [0.25, 0.3) is 5.52 Å². The van der Waals surface area contributed by atoms with Gasteiger partial charge >= 0.3 is 0 Å². The van der Waals surface area contributed by atoms with Crippen molar-refractivity contribution >= 4 is 5.52 Å². The number of benzene rings is 1. The van der Waals surface area contributed by atoms with Gasteiger partial charge in [-0.1, -0.05) is 0 Å². The van der Waals surface area contributed by atoms with E-state index in [-0.39, 0.29) is 5.56 Å². The molecule has 1 unspecified atom stereocenters. The van der Waals surface area contributed by atoms with Crippen molar-refractivity contribution in [1.82, 2.24) is 14.6 Å². The summed E-state index contributed by atoms with van der Waals surface area (Å²) in [5.41, 5.74) is 7.37. The largest absolute Gasteiger partial charge is 0.320 e. The zero-order valence-electron chi connectivity index (χ0n) is 9.79. The first-order chi connectivity index (χ1) is 9.16. The number of nitrogens with two attached hydrogens (primary N) is 1. The van der Waals surface area contributed by atoms with Crippen LogP contribution in [0.15, 0.2) is 43.0 Å². The van der Waals surface area contributed by atoms with Crippen molar-refractivity contribution in [2.75, 3.05) is 0 Å². The maximum Gasteiger partial charge on any atom is 0.128 e. The summed E-state index contributed by atoms with van der Waals surface area (Å²) >= 11 is 0. The molecule has 3 rings (SSSR count). The van der Waals surface area contributed by atoms with Crippen molar-refractivity contribution in [3.05, 3.63) is 65.7 Å². The van der Waals surface area contributed by atoms with Gasteiger partial charge in [-0.25, -0.2) is 13.3 Å². The molecule has 2 aromatic heterocycles. The lowest BCUT2D eigenvalue weighted by Crippen LogP contribution is -2.13. The molecule has 19 heavy (non-hydrogen) atoms. The second-order valence-corrected chi connectivity index (χ2v) is 4.15. The third kappa shape index (κ3) is 1.96. The van der Waals surface area contributed by atoms with E-state index in [1.165, 1.54) is 6.20 Å². The average molecular weight is 260 g/mol. The highest BCUT2D eigenvalue weighted by atomic mass is 19.1. The Bertz CT molecular complexity index is 738. The summed E-state index contributed by atoms with van der Waals surface area (Å²) in [6.07, 6.45) is 6.36. The molecule has 4 nitrogen and oxygen atoms in total. The molecule has 6 heteroatoms. The van der Waals surface area contributed by atoms with E-state index in [2.05, 4.69) is 10.1 Å².